The van der Waals surface area contributed by atoms with Gasteiger partial charge in [0.1, 0.15) is 11.6 Å². The van der Waals surface area contributed by atoms with Gasteiger partial charge in [0.05, 0.1) is 6.61 Å². The van der Waals surface area contributed by atoms with E-state index < -0.39 is 0 Å². The van der Waals surface area contributed by atoms with E-state index in [0.29, 0.717) is 19.6 Å². The minimum Gasteiger partial charge on any atom is -0.467 e. The van der Waals surface area contributed by atoms with Gasteiger partial charge in [-0.15, -0.1) is 0 Å². The lowest BCUT2D eigenvalue weighted by molar-refractivity contribution is -0.0172. The molecular formula is C22H26FN3O4. The number of nitrogens with one attached hydrogen (secondary N) is 2. The Labute approximate surface area is 175 Å². The Morgan fingerprint density at radius 2 is 1.93 bits per heavy atom. The fourth-order valence-electron chi connectivity index (χ4n) is 3.49. The standard InChI is InChI=1S/C22H26FN3O4/c1-2-24-22(25-7-5-15-3-4-19-20(9-15)29-14-28-19)26-8-6-16-10-18(23)11-17-12-27-13-30-21(16)17/h3-4,9-11H,2,5-8,12-14H2,1H3,(H2,24,25,26). The predicted octanol–water partition coefficient (Wildman–Crippen LogP) is 2.76. The lowest BCUT2D eigenvalue weighted by Crippen LogP contribution is -2.38. The molecule has 2 aliphatic heterocycles. The fourth-order valence-corrected chi connectivity index (χ4v) is 3.49. The van der Waals surface area contributed by atoms with Crippen LogP contribution in [0.2, 0.25) is 0 Å². The molecule has 0 radical (unpaired) electrons. The van der Waals surface area contributed by atoms with E-state index in [4.69, 9.17) is 18.9 Å². The van der Waals surface area contributed by atoms with Gasteiger partial charge in [-0.25, -0.2) is 4.39 Å². The molecule has 2 heterocycles. The summed E-state index contributed by atoms with van der Waals surface area (Å²) in [5.41, 5.74) is 2.72. The Balaban J connectivity index is 1.32. The number of rotatable bonds is 7. The highest BCUT2D eigenvalue weighted by Gasteiger charge is 2.17. The van der Waals surface area contributed by atoms with Crippen molar-refractivity contribution in [1.29, 1.82) is 0 Å². The quantitative estimate of drug-likeness (QED) is 0.535. The average Bonchev–Trinajstić information content (AvgIpc) is 3.21. The topological polar surface area (TPSA) is 73.3 Å². The van der Waals surface area contributed by atoms with Crippen LogP contribution in [0.25, 0.3) is 0 Å². The number of halogens is 1. The smallest absolute Gasteiger partial charge is 0.231 e. The summed E-state index contributed by atoms with van der Waals surface area (Å²) >= 11 is 0. The molecule has 0 atom stereocenters. The van der Waals surface area contributed by atoms with Crippen LogP contribution in [0.5, 0.6) is 17.2 Å². The zero-order valence-electron chi connectivity index (χ0n) is 17.0. The molecule has 7 nitrogen and oxygen atoms in total. The van der Waals surface area contributed by atoms with Crippen molar-refractivity contribution in [2.24, 2.45) is 4.99 Å². The summed E-state index contributed by atoms with van der Waals surface area (Å²) in [7, 11) is 0. The molecule has 0 saturated carbocycles. The number of benzene rings is 2. The first kappa shape index (κ1) is 20.3. The third-order valence-corrected chi connectivity index (χ3v) is 4.89. The lowest BCUT2D eigenvalue weighted by atomic mass is 10.1. The Hall–Kier alpha value is -3.00. The highest BCUT2D eigenvalue weighted by Crippen LogP contribution is 2.32. The van der Waals surface area contributed by atoms with Gasteiger partial charge in [-0.3, -0.25) is 4.99 Å². The molecule has 0 fully saturated rings. The highest BCUT2D eigenvalue weighted by molar-refractivity contribution is 5.79. The van der Waals surface area contributed by atoms with Crippen molar-refractivity contribution >= 4 is 5.96 Å². The number of guanidine groups is 1. The van der Waals surface area contributed by atoms with Crippen LogP contribution in [-0.2, 0) is 24.2 Å². The zero-order chi connectivity index (χ0) is 20.8. The largest absolute Gasteiger partial charge is 0.467 e. The molecule has 0 aromatic heterocycles. The summed E-state index contributed by atoms with van der Waals surface area (Å²) in [5, 5.41) is 6.58. The number of nitrogens with zero attached hydrogens (tertiary/aromatic N) is 1. The Bertz CT molecular complexity index is 919. The van der Waals surface area contributed by atoms with E-state index >= 15 is 0 Å². The maximum atomic E-state index is 13.9. The number of hydrogen-bond donors (Lipinski definition) is 2. The van der Waals surface area contributed by atoms with Crippen LogP contribution in [0.3, 0.4) is 0 Å². The minimum absolute atomic E-state index is 0.193. The van der Waals surface area contributed by atoms with Crippen molar-refractivity contribution in [2.75, 3.05) is 33.2 Å². The van der Waals surface area contributed by atoms with Gasteiger partial charge >= 0.3 is 0 Å². The molecular weight excluding hydrogens is 389 g/mol. The first-order valence-electron chi connectivity index (χ1n) is 10.2. The molecule has 8 heteroatoms. The molecule has 0 unspecified atom stereocenters. The summed E-state index contributed by atoms with van der Waals surface area (Å²) in [6.45, 7) is 4.85. The van der Waals surface area contributed by atoms with Crippen LogP contribution in [-0.4, -0.2) is 39.2 Å². The van der Waals surface area contributed by atoms with Crippen molar-refractivity contribution < 1.29 is 23.3 Å². The lowest BCUT2D eigenvalue weighted by Gasteiger charge is -2.20. The minimum atomic E-state index is -0.282. The molecule has 0 aliphatic carbocycles. The SMILES string of the molecule is CCNC(=NCCc1cc(F)cc2c1OCOC2)NCCc1ccc2c(c1)OCO2. The predicted molar refractivity (Wildman–Crippen MR) is 111 cm³/mol. The molecule has 2 N–H and O–H groups in total. The summed E-state index contributed by atoms with van der Waals surface area (Å²) in [6, 6.07) is 8.95. The molecule has 2 aliphatic rings. The number of ether oxygens (including phenoxy) is 4. The number of hydrogen-bond acceptors (Lipinski definition) is 5. The second kappa shape index (κ2) is 9.67. The Morgan fingerprint density at radius 3 is 2.83 bits per heavy atom. The highest BCUT2D eigenvalue weighted by atomic mass is 19.1. The molecule has 2 aromatic carbocycles. The first-order valence-corrected chi connectivity index (χ1v) is 10.2. The normalized spacial score (nSPS) is 14.8. The van der Waals surface area contributed by atoms with Gasteiger partial charge in [0.25, 0.3) is 0 Å². The monoisotopic (exact) mass is 415 g/mol. The molecule has 0 amide bonds. The van der Waals surface area contributed by atoms with E-state index in [1.807, 2.05) is 25.1 Å². The molecule has 160 valence electrons. The van der Waals surface area contributed by atoms with Crippen LogP contribution in [0.4, 0.5) is 4.39 Å². The summed E-state index contributed by atoms with van der Waals surface area (Å²) in [4.78, 5) is 4.62. The Morgan fingerprint density at radius 1 is 1.03 bits per heavy atom. The third-order valence-electron chi connectivity index (χ3n) is 4.89. The van der Waals surface area contributed by atoms with Crippen LogP contribution in [0.1, 0.15) is 23.6 Å². The second-order valence-electron chi connectivity index (χ2n) is 7.04. The van der Waals surface area contributed by atoms with Crippen molar-refractivity contribution in [3.63, 3.8) is 0 Å². The van der Waals surface area contributed by atoms with Gasteiger partial charge in [-0.1, -0.05) is 6.07 Å². The third kappa shape index (κ3) is 4.94. The molecule has 2 aromatic rings. The van der Waals surface area contributed by atoms with Gasteiger partial charge < -0.3 is 29.6 Å². The fraction of sp³-hybridized carbons (Fsp3) is 0.409. The maximum Gasteiger partial charge on any atom is 0.231 e. The van der Waals surface area contributed by atoms with E-state index in [2.05, 4.69) is 15.6 Å². The summed E-state index contributed by atoms with van der Waals surface area (Å²) in [6.07, 6.45) is 1.41. The van der Waals surface area contributed by atoms with Gasteiger partial charge in [0.2, 0.25) is 6.79 Å². The number of fused-ring (bicyclic) bond motifs is 2. The van der Waals surface area contributed by atoms with E-state index in [9.17, 15) is 4.39 Å². The van der Waals surface area contributed by atoms with E-state index in [-0.39, 0.29) is 19.4 Å². The molecule has 0 saturated heterocycles. The van der Waals surface area contributed by atoms with Crippen molar-refractivity contribution in [2.45, 2.75) is 26.4 Å². The second-order valence-corrected chi connectivity index (χ2v) is 7.04. The van der Waals surface area contributed by atoms with Crippen molar-refractivity contribution in [3.05, 3.63) is 52.8 Å². The van der Waals surface area contributed by atoms with Crippen molar-refractivity contribution in [1.82, 2.24) is 10.6 Å². The van der Waals surface area contributed by atoms with E-state index in [0.717, 1.165) is 59.4 Å². The molecule has 4 rings (SSSR count). The molecule has 0 bridgehead atoms. The van der Waals surface area contributed by atoms with Crippen molar-refractivity contribution in [3.8, 4) is 17.2 Å². The zero-order valence-corrected chi connectivity index (χ0v) is 17.0. The van der Waals surface area contributed by atoms with Gasteiger partial charge in [0, 0.05) is 25.2 Å². The molecule has 30 heavy (non-hydrogen) atoms. The summed E-state index contributed by atoms with van der Waals surface area (Å²) < 4.78 is 35.5. The van der Waals surface area contributed by atoms with Gasteiger partial charge in [0.15, 0.2) is 24.3 Å². The van der Waals surface area contributed by atoms with E-state index in [1.54, 1.807) is 0 Å². The van der Waals surface area contributed by atoms with Crippen LogP contribution < -0.4 is 24.8 Å². The van der Waals surface area contributed by atoms with Crippen LogP contribution in [0, 0.1) is 5.82 Å². The average molecular weight is 415 g/mol. The number of aliphatic imine (C=N–C) groups is 1. The van der Waals surface area contributed by atoms with E-state index in [1.165, 1.54) is 12.1 Å². The Kier molecular flexibility index (Phi) is 6.53. The first-order chi connectivity index (χ1) is 14.7. The van der Waals surface area contributed by atoms with Gasteiger partial charge in [-0.05, 0) is 55.2 Å². The maximum absolute atomic E-state index is 13.9. The summed E-state index contributed by atoms with van der Waals surface area (Å²) in [5.74, 6) is 2.75. The van der Waals surface area contributed by atoms with Crippen LogP contribution in [0.15, 0.2) is 35.3 Å². The van der Waals surface area contributed by atoms with Gasteiger partial charge in [-0.2, -0.15) is 0 Å². The molecule has 0 spiro atoms. The van der Waals surface area contributed by atoms with Crippen LogP contribution >= 0.6 is 0 Å².